The number of amides is 1. The van der Waals surface area contributed by atoms with E-state index in [2.05, 4.69) is 19.2 Å². The van der Waals surface area contributed by atoms with Crippen molar-refractivity contribution < 1.29 is 20.1 Å². The molecule has 390 valence electrons. The Morgan fingerprint density at radius 3 is 0.738 bits per heavy atom. The zero-order chi connectivity index (χ0) is 47.2. The maximum absolute atomic E-state index is 12.5. The van der Waals surface area contributed by atoms with E-state index in [4.69, 9.17) is 0 Å². The average Bonchev–Trinajstić information content (AvgIpc) is 3.31. The van der Waals surface area contributed by atoms with Crippen LogP contribution in [-0.2, 0) is 4.79 Å². The largest absolute Gasteiger partial charge is 0.394 e. The van der Waals surface area contributed by atoms with E-state index in [0.717, 1.165) is 32.1 Å². The Bertz CT molecular complexity index is 883. The summed E-state index contributed by atoms with van der Waals surface area (Å²) in [6, 6.07) is -0.804. The summed E-state index contributed by atoms with van der Waals surface area (Å²) in [5.41, 5.74) is 0. The molecule has 0 unspecified atom stereocenters. The van der Waals surface area contributed by atoms with Crippen LogP contribution in [0.5, 0.6) is 0 Å². The maximum Gasteiger partial charge on any atom is 0.220 e. The lowest BCUT2D eigenvalue weighted by molar-refractivity contribution is -0.124. The molecule has 0 aliphatic rings. The molecule has 0 aliphatic carbocycles. The van der Waals surface area contributed by atoms with Gasteiger partial charge in [-0.25, -0.2) is 0 Å². The minimum absolute atomic E-state index is 0.135. The van der Waals surface area contributed by atoms with Gasteiger partial charge in [0.15, 0.2) is 0 Å². The van der Waals surface area contributed by atoms with Crippen molar-refractivity contribution in [2.75, 3.05) is 6.61 Å². The average molecular weight is 921 g/mol. The van der Waals surface area contributed by atoms with Crippen LogP contribution in [0.4, 0.5) is 0 Å². The number of hydrogen-bond acceptors (Lipinski definition) is 4. The lowest BCUT2D eigenvalue weighted by Gasteiger charge is -2.26. The van der Waals surface area contributed by atoms with Gasteiger partial charge in [0.2, 0.25) is 5.91 Å². The fraction of sp³-hybridized carbons (Fsp3) is 0.983. The van der Waals surface area contributed by atoms with E-state index < -0.39 is 18.2 Å². The first kappa shape index (κ1) is 64.3. The van der Waals surface area contributed by atoms with Crippen LogP contribution in [0.25, 0.3) is 0 Å². The Morgan fingerprint density at radius 2 is 0.523 bits per heavy atom. The van der Waals surface area contributed by atoms with Crippen LogP contribution < -0.4 is 5.32 Å². The molecule has 0 fully saturated rings. The third-order valence-corrected chi connectivity index (χ3v) is 14.7. The number of aliphatic hydroxyl groups excluding tert-OH is 3. The van der Waals surface area contributed by atoms with Crippen molar-refractivity contribution >= 4 is 5.91 Å². The molecule has 0 rings (SSSR count). The van der Waals surface area contributed by atoms with Gasteiger partial charge in [0.05, 0.1) is 18.8 Å². The number of rotatable bonds is 57. The summed E-state index contributed by atoms with van der Waals surface area (Å²) in [5.74, 6) is -0.135. The molecule has 5 nitrogen and oxygen atoms in total. The molecule has 0 aromatic rings. The summed E-state index contributed by atoms with van der Waals surface area (Å²) in [6.45, 7) is 4.22. The molecule has 4 N–H and O–H groups in total. The summed E-state index contributed by atoms with van der Waals surface area (Å²) >= 11 is 0. The van der Waals surface area contributed by atoms with Crippen LogP contribution in [-0.4, -0.2) is 46.1 Å². The van der Waals surface area contributed by atoms with Gasteiger partial charge >= 0.3 is 0 Å². The predicted molar refractivity (Wildman–Crippen MR) is 287 cm³/mol. The van der Waals surface area contributed by atoms with E-state index in [1.165, 1.54) is 295 Å². The van der Waals surface area contributed by atoms with Gasteiger partial charge in [-0.15, -0.1) is 0 Å². The highest BCUT2D eigenvalue weighted by molar-refractivity contribution is 5.76. The van der Waals surface area contributed by atoms with E-state index in [1.807, 2.05) is 0 Å². The molecule has 0 spiro atoms. The first-order valence-corrected chi connectivity index (χ1v) is 30.3. The molecule has 0 saturated carbocycles. The van der Waals surface area contributed by atoms with Crippen molar-refractivity contribution in [1.82, 2.24) is 5.32 Å². The number of carbonyl (C=O) groups excluding carboxylic acids is 1. The molecular weight excluding hydrogens is 799 g/mol. The molecule has 5 heteroatoms. The number of aliphatic hydroxyl groups is 3. The third kappa shape index (κ3) is 51.0. The fourth-order valence-electron chi connectivity index (χ4n) is 10.1. The van der Waals surface area contributed by atoms with Gasteiger partial charge in [-0.2, -0.15) is 0 Å². The normalized spacial score (nSPS) is 13.1. The van der Waals surface area contributed by atoms with Gasteiger partial charge in [-0.3, -0.25) is 4.79 Å². The van der Waals surface area contributed by atoms with Gasteiger partial charge in [0.25, 0.3) is 0 Å². The van der Waals surface area contributed by atoms with Gasteiger partial charge in [0, 0.05) is 6.42 Å². The molecule has 0 bridgehead atoms. The van der Waals surface area contributed by atoms with Crippen LogP contribution in [0.15, 0.2) is 0 Å². The third-order valence-electron chi connectivity index (χ3n) is 14.7. The van der Waals surface area contributed by atoms with Gasteiger partial charge in [0.1, 0.15) is 6.10 Å². The minimum Gasteiger partial charge on any atom is -0.394 e. The van der Waals surface area contributed by atoms with Crippen LogP contribution in [0.2, 0.25) is 0 Å². The van der Waals surface area contributed by atoms with E-state index in [0.29, 0.717) is 12.8 Å². The molecular formula is C60H121NO4. The second kappa shape index (κ2) is 55.9. The highest BCUT2D eigenvalue weighted by Gasteiger charge is 2.26. The highest BCUT2D eigenvalue weighted by atomic mass is 16.3. The standard InChI is InChI=1S/C60H121NO4/c1-3-5-7-9-11-13-15-17-19-21-22-23-24-25-26-27-28-29-30-31-32-33-34-35-36-37-38-39-41-43-45-47-49-51-53-55-59(64)61-57(56-62)60(65)58(63)54-52-50-48-46-44-42-40-20-18-16-14-12-10-8-6-4-2/h57-58,60,62-63,65H,3-56H2,1-2H3,(H,61,64)/t57-,58+,60-/m0/s1. The highest BCUT2D eigenvalue weighted by Crippen LogP contribution is 2.19. The van der Waals surface area contributed by atoms with Crippen LogP contribution in [0, 0.1) is 0 Å². The van der Waals surface area contributed by atoms with Crippen molar-refractivity contribution in [2.45, 2.75) is 372 Å². The van der Waals surface area contributed by atoms with Crippen molar-refractivity contribution in [3.05, 3.63) is 0 Å². The molecule has 0 radical (unpaired) electrons. The topological polar surface area (TPSA) is 89.8 Å². The van der Waals surface area contributed by atoms with Crippen molar-refractivity contribution in [1.29, 1.82) is 0 Å². The predicted octanol–water partition coefficient (Wildman–Crippen LogP) is 18.9. The molecule has 3 atom stereocenters. The first-order valence-electron chi connectivity index (χ1n) is 30.3. The quantitative estimate of drug-likeness (QED) is 0.0458. The minimum atomic E-state index is -1.13. The van der Waals surface area contributed by atoms with E-state index in [1.54, 1.807) is 0 Å². The van der Waals surface area contributed by atoms with Crippen LogP contribution in [0.3, 0.4) is 0 Å². The molecule has 0 aromatic heterocycles. The Labute approximate surface area is 408 Å². The first-order chi connectivity index (χ1) is 32.1. The Balaban J connectivity index is 3.41. The molecule has 1 amide bonds. The Morgan fingerprint density at radius 1 is 0.323 bits per heavy atom. The molecule has 0 saturated heterocycles. The molecule has 0 aromatic carbocycles. The summed E-state index contributed by atoms with van der Waals surface area (Å²) in [4.78, 5) is 12.5. The molecule has 0 heterocycles. The van der Waals surface area contributed by atoms with Gasteiger partial charge in [-0.05, 0) is 12.8 Å². The SMILES string of the molecule is CCCCCCCCCCCCCCCCCCCCCCCCCCCCCCCCCCCCCC(=O)N[C@@H](CO)[C@H](O)[C@H](O)CCCCCCCCCCCCCCCCCC. The number of carbonyl (C=O) groups is 1. The van der Waals surface area contributed by atoms with E-state index in [9.17, 15) is 20.1 Å². The maximum atomic E-state index is 12.5. The molecule has 65 heavy (non-hydrogen) atoms. The monoisotopic (exact) mass is 920 g/mol. The van der Waals surface area contributed by atoms with Gasteiger partial charge < -0.3 is 20.6 Å². The smallest absolute Gasteiger partial charge is 0.220 e. The van der Waals surface area contributed by atoms with E-state index >= 15 is 0 Å². The lowest BCUT2D eigenvalue weighted by Crippen LogP contribution is -2.50. The second-order valence-corrected chi connectivity index (χ2v) is 21.3. The van der Waals surface area contributed by atoms with Gasteiger partial charge in [-0.1, -0.05) is 335 Å². The summed E-state index contributed by atoms with van der Waals surface area (Å²) in [7, 11) is 0. The summed E-state index contributed by atoms with van der Waals surface area (Å²) < 4.78 is 0. The zero-order valence-corrected chi connectivity index (χ0v) is 44.7. The zero-order valence-electron chi connectivity index (χ0n) is 44.7. The summed E-state index contributed by atoms with van der Waals surface area (Å²) in [5, 5.41) is 33.8. The van der Waals surface area contributed by atoms with Crippen molar-refractivity contribution in [3.8, 4) is 0 Å². The summed E-state index contributed by atoms with van der Waals surface area (Å²) in [6.07, 6.45) is 68.6. The molecule has 0 aliphatic heterocycles. The number of nitrogens with one attached hydrogen (secondary N) is 1. The fourth-order valence-corrected chi connectivity index (χ4v) is 10.1. The lowest BCUT2D eigenvalue weighted by atomic mass is 9.99. The Hall–Kier alpha value is -0.650. The van der Waals surface area contributed by atoms with Crippen LogP contribution >= 0.6 is 0 Å². The van der Waals surface area contributed by atoms with Crippen molar-refractivity contribution in [3.63, 3.8) is 0 Å². The number of unbranched alkanes of at least 4 members (excludes halogenated alkanes) is 49. The second-order valence-electron chi connectivity index (χ2n) is 21.3. The van der Waals surface area contributed by atoms with E-state index in [-0.39, 0.29) is 12.5 Å². The number of hydrogen-bond donors (Lipinski definition) is 4. The Kier molecular flexibility index (Phi) is 55.4. The van der Waals surface area contributed by atoms with Crippen LogP contribution in [0.1, 0.15) is 354 Å². The van der Waals surface area contributed by atoms with Crippen molar-refractivity contribution in [2.24, 2.45) is 0 Å².